The van der Waals surface area contributed by atoms with E-state index in [0.29, 0.717) is 12.5 Å². The molecule has 1 unspecified atom stereocenters. The predicted molar refractivity (Wildman–Crippen MR) is 67.5 cm³/mol. The number of hydrogen-bond donors (Lipinski definition) is 1. The van der Waals surface area contributed by atoms with Gasteiger partial charge < -0.3 is 5.73 Å². The van der Waals surface area contributed by atoms with Crippen molar-refractivity contribution >= 4 is 0 Å². The lowest BCUT2D eigenvalue weighted by molar-refractivity contribution is 0.526. The Morgan fingerprint density at radius 1 is 1.18 bits per heavy atom. The largest absolute Gasteiger partial charge is 0.322 e. The van der Waals surface area contributed by atoms with Crippen molar-refractivity contribution in [3.05, 3.63) is 48.0 Å². The van der Waals surface area contributed by atoms with Crippen LogP contribution in [0.3, 0.4) is 0 Å². The smallest absolute Gasteiger partial charge is 0.137 e. The van der Waals surface area contributed by atoms with Crippen LogP contribution in [0.25, 0.3) is 0 Å². The summed E-state index contributed by atoms with van der Waals surface area (Å²) >= 11 is 0. The molecule has 0 aliphatic carbocycles. The van der Waals surface area contributed by atoms with E-state index in [9.17, 15) is 0 Å². The summed E-state index contributed by atoms with van der Waals surface area (Å²) in [5.74, 6) is 0.551. The van der Waals surface area contributed by atoms with Gasteiger partial charge in [-0.3, -0.25) is 4.68 Å². The van der Waals surface area contributed by atoms with Crippen molar-refractivity contribution in [3.8, 4) is 0 Å². The fourth-order valence-electron chi connectivity index (χ4n) is 1.76. The molecule has 0 saturated carbocycles. The molecule has 1 aromatic heterocycles. The van der Waals surface area contributed by atoms with Gasteiger partial charge >= 0.3 is 0 Å². The van der Waals surface area contributed by atoms with Gasteiger partial charge in [0.25, 0.3) is 0 Å². The van der Waals surface area contributed by atoms with Gasteiger partial charge in [0.2, 0.25) is 0 Å². The van der Waals surface area contributed by atoms with E-state index in [4.69, 9.17) is 5.73 Å². The Morgan fingerprint density at radius 2 is 1.82 bits per heavy atom. The zero-order chi connectivity index (χ0) is 12.3. The maximum atomic E-state index is 6.12. The first-order valence-electron chi connectivity index (χ1n) is 5.84. The maximum absolute atomic E-state index is 6.12. The first-order valence-corrected chi connectivity index (χ1v) is 5.84. The summed E-state index contributed by atoms with van der Waals surface area (Å²) in [7, 11) is 0. The normalized spacial score (nSPS) is 12.9. The van der Waals surface area contributed by atoms with Crippen molar-refractivity contribution in [1.82, 2.24) is 14.8 Å². The number of benzene rings is 1. The van der Waals surface area contributed by atoms with Gasteiger partial charge in [0.15, 0.2) is 0 Å². The summed E-state index contributed by atoms with van der Waals surface area (Å²) in [6.45, 7) is 5.02. The molecule has 0 fully saturated rings. The monoisotopic (exact) mass is 230 g/mol. The van der Waals surface area contributed by atoms with E-state index in [1.54, 1.807) is 11.0 Å². The van der Waals surface area contributed by atoms with E-state index in [-0.39, 0.29) is 6.04 Å². The van der Waals surface area contributed by atoms with Crippen LogP contribution in [0, 0.1) is 0 Å². The zero-order valence-electron chi connectivity index (χ0n) is 10.2. The minimum Gasteiger partial charge on any atom is -0.322 e. The zero-order valence-corrected chi connectivity index (χ0v) is 10.2. The topological polar surface area (TPSA) is 56.7 Å². The Balaban J connectivity index is 2.06. The summed E-state index contributed by atoms with van der Waals surface area (Å²) in [6.07, 6.45) is 3.21. The standard InChI is InChI=1S/C13H18N4/c1-10(2)11-3-5-12(6-4-11)13(14)7-17-9-15-8-16-17/h3-6,8-10,13H,7,14H2,1-2H3. The molecule has 0 radical (unpaired) electrons. The van der Waals surface area contributed by atoms with E-state index in [1.807, 2.05) is 0 Å². The molecule has 17 heavy (non-hydrogen) atoms. The summed E-state index contributed by atoms with van der Waals surface area (Å²) in [4.78, 5) is 3.90. The van der Waals surface area contributed by atoms with Gasteiger partial charge in [0, 0.05) is 6.04 Å². The van der Waals surface area contributed by atoms with E-state index in [2.05, 4.69) is 48.2 Å². The molecule has 90 valence electrons. The lowest BCUT2D eigenvalue weighted by atomic mass is 9.99. The minimum atomic E-state index is -0.0436. The Morgan fingerprint density at radius 3 is 2.35 bits per heavy atom. The highest BCUT2D eigenvalue weighted by Crippen LogP contribution is 2.18. The maximum Gasteiger partial charge on any atom is 0.137 e. The second-order valence-corrected chi connectivity index (χ2v) is 4.55. The number of hydrogen-bond acceptors (Lipinski definition) is 3. The molecule has 0 saturated heterocycles. The fourth-order valence-corrected chi connectivity index (χ4v) is 1.76. The average molecular weight is 230 g/mol. The molecule has 0 aliphatic rings. The van der Waals surface area contributed by atoms with Crippen molar-refractivity contribution in [2.75, 3.05) is 0 Å². The molecule has 2 aromatic rings. The molecule has 0 aliphatic heterocycles. The Hall–Kier alpha value is -1.68. The van der Waals surface area contributed by atoms with Crippen LogP contribution >= 0.6 is 0 Å². The Bertz CT molecular complexity index is 445. The number of aromatic nitrogens is 3. The van der Waals surface area contributed by atoms with Crippen LogP contribution in [0.2, 0.25) is 0 Å². The summed E-state index contributed by atoms with van der Waals surface area (Å²) in [5.41, 5.74) is 8.59. The predicted octanol–water partition coefficient (Wildman–Crippen LogP) is 2.10. The average Bonchev–Trinajstić information content (AvgIpc) is 2.82. The van der Waals surface area contributed by atoms with Crippen LogP contribution in [-0.2, 0) is 6.54 Å². The first kappa shape index (κ1) is 11.8. The van der Waals surface area contributed by atoms with Crippen LogP contribution in [0.5, 0.6) is 0 Å². The van der Waals surface area contributed by atoms with Crippen molar-refractivity contribution in [1.29, 1.82) is 0 Å². The molecule has 1 aromatic carbocycles. The molecule has 0 bridgehead atoms. The third-order valence-corrected chi connectivity index (χ3v) is 2.88. The molecule has 4 nitrogen and oxygen atoms in total. The molecule has 0 spiro atoms. The summed E-state index contributed by atoms with van der Waals surface area (Å²) in [5, 5.41) is 4.05. The van der Waals surface area contributed by atoms with Crippen molar-refractivity contribution < 1.29 is 0 Å². The highest BCUT2D eigenvalue weighted by atomic mass is 15.3. The molecular formula is C13H18N4. The van der Waals surface area contributed by atoms with Crippen LogP contribution in [-0.4, -0.2) is 14.8 Å². The molecule has 1 heterocycles. The lowest BCUT2D eigenvalue weighted by Gasteiger charge is -2.13. The molecule has 4 heteroatoms. The molecular weight excluding hydrogens is 212 g/mol. The fraction of sp³-hybridized carbons (Fsp3) is 0.385. The third kappa shape index (κ3) is 2.91. The summed E-state index contributed by atoms with van der Waals surface area (Å²) < 4.78 is 1.75. The molecule has 1 atom stereocenters. The van der Waals surface area contributed by atoms with E-state index >= 15 is 0 Å². The second kappa shape index (κ2) is 5.10. The van der Waals surface area contributed by atoms with Crippen LogP contribution < -0.4 is 5.73 Å². The van der Waals surface area contributed by atoms with Gasteiger partial charge in [-0.2, -0.15) is 5.10 Å². The van der Waals surface area contributed by atoms with E-state index in [1.165, 1.54) is 11.9 Å². The second-order valence-electron chi connectivity index (χ2n) is 4.55. The SMILES string of the molecule is CC(C)c1ccc(C(N)Cn2cncn2)cc1. The van der Waals surface area contributed by atoms with E-state index in [0.717, 1.165) is 5.56 Å². The highest BCUT2D eigenvalue weighted by Gasteiger charge is 2.07. The highest BCUT2D eigenvalue weighted by molar-refractivity contribution is 5.26. The van der Waals surface area contributed by atoms with Crippen LogP contribution in [0.15, 0.2) is 36.9 Å². The molecule has 2 N–H and O–H groups in total. The first-order chi connectivity index (χ1) is 8.16. The Labute approximate surface area is 101 Å². The third-order valence-electron chi connectivity index (χ3n) is 2.88. The van der Waals surface area contributed by atoms with Crippen LogP contribution in [0.1, 0.15) is 36.9 Å². The van der Waals surface area contributed by atoms with Crippen molar-refractivity contribution in [3.63, 3.8) is 0 Å². The lowest BCUT2D eigenvalue weighted by Crippen LogP contribution is -2.17. The van der Waals surface area contributed by atoms with E-state index < -0.39 is 0 Å². The van der Waals surface area contributed by atoms with Gasteiger partial charge in [-0.1, -0.05) is 38.1 Å². The molecule has 2 rings (SSSR count). The number of rotatable bonds is 4. The number of nitrogens with zero attached hydrogens (tertiary/aromatic N) is 3. The number of nitrogens with two attached hydrogens (primary N) is 1. The van der Waals surface area contributed by atoms with Crippen molar-refractivity contribution in [2.45, 2.75) is 32.4 Å². The van der Waals surface area contributed by atoms with Gasteiger partial charge in [0.05, 0.1) is 6.54 Å². The Kier molecular flexibility index (Phi) is 3.54. The van der Waals surface area contributed by atoms with Gasteiger partial charge in [0.1, 0.15) is 12.7 Å². The van der Waals surface area contributed by atoms with Gasteiger partial charge in [-0.25, -0.2) is 4.98 Å². The van der Waals surface area contributed by atoms with Gasteiger partial charge in [-0.15, -0.1) is 0 Å². The van der Waals surface area contributed by atoms with Gasteiger partial charge in [-0.05, 0) is 17.0 Å². The van der Waals surface area contributed by atoms with Crippen LogP contribution in [0.4, 0.5) is 0 Å². The van der Waals surface area contributed by atoms with Crippen molar-refractivity contribution in [2.24, 2.45) is 5.73 Å². The minimum absolute atomic E-state index is 0.0436. The quantitative estimate of drug-likeness (QED) is 0.875. The summed E-state index contributed by atoms with van der Waals surface area (Å²) in [6, 6.07) is 8.42. The molecule has 0 amide bonds.